The molecule has 0 radical (unpaired) electrons. The van der Waals surface area contributed by atoms with E-state index in [9.17, 15) is 15.0 Å². The normalized spacial score (nSPS) is 13.4. The fourth-order valence-electron chi connectivity index (χ4n) is 1.30. The van der Waals surface area contributed by atoms with Crippen LogP contribution < -0.4 is 5.73 Å². The van der Waals surface area contributed by atoms with Gasteiger partial charge in [0.05, 0.1) is 18.0 Å². The third-order valence-electron chi connectivity index (χ3n) is 2.28. The molecule has 0 saturated heterocycles. The molecule has 0 aromatic carbocycles. The molecule has 0 bridgehead atoms. The zero-order valence-corrected chi connectivity index (χ0v) is 9.71. The summed E-state index contributed by atoms with van der Waals surface area (Å²) in [7, 11) is 0. The van der Waals surface area contributed by atoms with Crippen molar-refractivity contribution in [3.05, 3.63) is 28.0 Å². The van der Waals surface area contributed by atoms with E-state index >= 15 is 0 Å². The lowest BCUT2D eigenvalue weighted by molar-refractivity contribution is 0.0121. The molecule has 2 atom stereocenters. The van der Waals surface area contributed by atoms with Gasteiger partial charge in [-0.2, -0.15) is 0 Å². The number of nitrogen functional groups attached to an aromatic ring is 1. The van der Waals surface area contributed by atoms with Crippen molar-refractivity contribution in [1.82, 2.24) is 9.97 Å². The molecule has 0 saturated carbocycles. The number of aromatic nitrogens is 2. The lowest BCUT2D eigenvalue weighted by Crippen LogP contribution is -2.22. The number of carboxylic acids is 1. The maximum absolute atomic E-state index is 10.8. The molecular weight excluding hydrogens is 256 g/mol. The van der Waals surface area contributed by atoms with Crippen LogP contribution in [-0.4, -0.2) is 43.9 Å². The number of aliphatic hydroxyl groups is 2. The van der Waals surface area contributed by atoms with Gasteiger partial charge in [-0.3, -0.25) is 0 Å². The van der Waals surface area contributed by atoms with Gasteiger partial charge in [0.2, 0.25) is 0 Å². The lowest BCUT2D eigenvalue weighted by Gasteiger charge is -2.16. The van der Waals surface area contributed by atoms with E-state index in [1.807, 2.05) is 0 Å². The van der Waals surface area contributed by atoms with Crippen molar-refractivity contribution in [2.24, 2.45) is 5.11 Å². The number of aromatic carboxylic acids is 1. The van der Waals surface area contributed by atoms with Crippen LogP contribution in [-0.2, 0) is 0 Å². The first-order chi connectivity index (χ1) is 8.97. The highest BCUT2D eigenvalue weighted by atomic mass is 16.4. The number of hydrogen-bond acceptors (Lipinski definition) is 7. The van der Waals surface area contributed by atoms with Gasteiger partial charge in [0.25, 0.3) is 0 Å². The molecular formula is C9H12N6O4. The van der Waals surface area contributed by atoms with E-state index in [1.165, 1.54) is 0 Å². The first-order valence-electron chi connectivity index (χ1n) is 5.20. The van der Waals surface area contributed by atoms with Crippen LogP contribution in [0, 0.1) is 0 Å². The van der Waals surface area contributed by atoms with Crippen molar-refractivity contribution in [3.63, 3.8) is 0 Å². The summed E-state index contributed by atoms with van der Waals surface area (Å²) in [6.07, 6.45) is -1.63. The molecule has 2 unspecified atom stereocenters. The van der Waals surface area contributed by atoms with Crippen molar-refractivity contribution in [2.45, 2.75) is 18.6 Å². The molecule has 1 heterocycles. The van der Waals surface area contributed by atoms with Crippen molar-refractivity contribution >= 4 is 11.8 Å². The molecule has 1 rings (SSSR count). The van der Waals surface area contributed by atoms with Crippen LogP contribution in [0.1, 0.15) is 28.7 Å². The molecule has 19 heavy (non-hydrogen) atoms. The first-order valence-corrected chi connectivity index (χ1v) is 5.20. The topological polar surface area (TPSA) is 178 Å². The van der Waals surface area contributed by atoms with Crippen molar-refractivity contribution in [3.8, 4) is 0 Å². The largest absolute Gasteiger partial charge is 0.476 e. The SMILES string of the molecule is [N-]=[N+]=NCCC(O)C(O)c1cnc(N)c(C(=O)O)n1. The third kappa shape index (κ3) is 3.78. The highest BCUT2D eigenvalue weighted by molar-refractivity contribution is 5.90. The Hall–Kier alpha value is -2.42. The monoisotopic (exact) mass is 268 g/mol. The van der Waals surface area contributed by atoms with Gasteiger partial charge >= 0.3 is 5.97 Å². The van der Waals surface area contributed by atoms with Gasteiger partial charge in [-0.25, -0.2) is 14.8 Å². The van der Waals surface area contributed by atoms with Crippen LogP contribution in [0.5, 0.6) is 0 Å². The summed E-state index contributed by atoms with van der Waals surface area (Å²) in [5.41, 5.74) is 12.8. The molecule has 0 fully saturated rings. The van der Waals surface area contributed by atoms with Gasteiger partial charge < -0.3 is 21.1 Å². The quantitative estimate of drug-likeness (QED) is 0.314. The molecule has 10 nitrogen and oxygen atoms in total. The molecule has 0 aliphatic carbocycles. The van der Waals surface area contributed by atoms with Gasteiger partial charge in [0.15, 0.2) is 11.5 Å². The van der Waals surface area contributed by atoms with E-state index in [4.69, 9.17) is 16.4 Å². The molecule has 102 valence electrons. The second kappa shape index (κ2) is 6.50. The number of rotatable bonds is 6. The molecule has 5 N–H and O–H groups in total. The standard InChI is InChI=1S/C9H12N6O4/c10-8-6(9(18)19)14-4(3-12-8)7(17)5(16)1-2-13-15-11/h3,5,7,16-17H,1-2H2,(H2,10,12)(H,18,19). The van der Waals surface area contributed by atoms with E-state index < -0.39 is 23.9 Å². The smallest absolute Gasteiger partial charge is 0.358 e. The summed E-state index contributed by atoms with van der Waals surface area (Å²) in [6, 6.07) is 0. The number of aliphatic hydroxyl groups excluding tert-OH is 2. The van der Waals surface area contributed by atoms with E-state index in [-0.39, 0.29) is 24.5 Å². The Morgan fingerprint density at radius 1 is 1.58 bits per heavy atom. The Morgan fingerprint density at radius 3 is 2.84 bits per heavy atom. The Bertz CT molecular complexity index is 515. The molecule has 1 aromatic rings. The summed E-state index contributed by atoms with van der Waals surface area (Å²) >= 11 is 0. The second-order valence-electron chi connectivity index (χ2n) is 3.59. The minimum absolute atomic E-state index is 0.000310. The number of nitrogens with two attached hydrogens (primary N) is 1. The Morgan fingerprint density at radius 2 is 2.26 bits per heavy atom. The lowest BCUT2D eigenvalue weighted by atomic mass is 10.1. The molecule has 0 aliphatic heterocycles. The van der Waals surface area contributed by atoms with Crippen LogP contribution in [0.4, 0.5) is 5.82 Å². The zero-order valence-electron chi connectivity index (χ0n) is 9.71. The highest BCUT2D eigenvalue weighted by Crippen LogP contribution is 2.18. The molecule has 0 amide bonds. The summed E-state index contributed by atoms with van der Waals surface area (Å²) < 4.78 is 0. The van der Waals surface area contributed by atoms with Gasteiger partial charge in [0.1, 0.15) is 6.10 Å². The van der Waals surface area contributed by atoms with Gasteiger partial charge in [-0.15, -0.1) is 0 Å². The number of anilines is 1. The predicted octanol–water partition coefficient (Wildman–Crippen LogP) is -0.148. The molecule has 0 spiro atoms. The summed E-state index contributed by atoms with van der Waals surface area (Å²) in [5, 5.41) is 31.4. The Kier molecular flexibility index (Phi) is 5.01. The molecule has 0 aliphatic rings. The maximum Gasteiger partial charge on any atom is 0.358 e. The van der Waals surface area contributed by atoms with Gasteiger partial charge in [-0.1, -0.05) is 5.11 Å². The second-order valence-corrected chi connectivity index (χ2v) is 3.59. The number of hydrogen-bond donors (Lipinski definition) is 4. The zero-order chi connectivity index (χ0) is 14.4. The van der Waals surface area contributed by atoms with E-state index in [2.05, 4.69) is 20.0 Å². The average Bonchev–Trinajstić information content (AvgIpc) is 2.38. The van der Waals surface area contributed by atoms with E-state index in [1.54, 1.807) is 0 Å². The number of nitrogens with zero attached hydrogens (tertiary/aromatic N) is 5. The summed E-state index contributed by atoms with van der Waals surface area (Å²) in [5.74, 6) is -1.67. The van der Waals surface area contributed by atoms with Crippen LogP contribution in [0.2, 0.25) is 0 Å². The maximum atomic E-state index is 10.8. The minimum Gasteiger partial charge on any atom is -0.476 e. The fourth-order valence-corrected chi connectivity index (χ4v) is 1.30. The minimum atomic E-state index is -1.44. The van der Waals surface area contributed by atoms with E-state index in [0.29, 0.717) is 0 Å². The molecule has 1 aromatic heterocycles. The number of carbonyl (C=O) groups is 1. The Labute approximate surface area is 107 Å². The van der Waals surface area contributed by atoms with Gasteiger partial charge in [-0.05, 0) is 12.0 Å². The van der Waals surface area contributed by atoms with Crippen LogP contribution in [0.15, 0.2) is 11.3 Å². The third-order valence-corrected chi connectivity index (χ3v) is 2.28. The Balaban J connectivity index is 2.87. The highest BCUT2D eigenvalue weighted by Gasteiger charge is 2.22. The average molecular weight is 268 g/mol. The van der Waals surface area contributed by atoms with Crippen LogP contribution in [0.3, 0.4) is 0 Å². The summed E-state index contributed by atoms with van der Waals surface area (Å²) in [6.45, 7) is -0.0110. The van der Waals surface area contributed by atoms with Crippen molar-refractivity contribution < 1.29 is 20.1 Å². The van der Waals surface area contributed by atoms with E-state index in [0.717, 1.165) is 6.20 Å². The predicted molar refractivity (Wildman–Crippen MR) is 63.0 cm³/mol. The van der Waals surface area contributed by atoms with Crippen molar-refractivity contribution in [1.29, 1.82) is 0 Å². The van der Waals surface area contributed by atoms with Crippen LogP contribution >= 0.6 is 0 Å². The number of azide groups is 1. The first kappa shape index (κ1) is 14.6. The van der Waals surface area contributed by atoms with Gasteiger partial charge in [0, 0.05) is 11.5 Å². The number of carboxylic acid groups (broad SMARTS) is 1. The molecule has 10 heteroatoms. The van der Waals surface area contributed by atoms with Crippen molar-refractivity contribution in [2.75, 3.05) is 12.3 Å². The van der Waals surface area contributed by atoms with Crippen LogP contribution in [0.25, 0.3) is 10.4 Å². The fraction of sp³-hybridized carbons (Fsp3) is 0.444. The summed E-state index contributed by atoms with van der Waals surface area (Å²) in [4.78, 5) is 20.5.